The smallest absolute Gasteiger partial charge is 0.281 e. The Hall–Kier alpha value is -3.61. The number of hydrogen-bond donors (Lipinski definition) is 2. The molecule has 2 unspecified atom stereocenters. The molecule has 6 rings (SSSR count). The SMILES string of the molecule is Cc1ccc(S(=O)c2n[nH]n3c2nc(=O)c2ccc(N4CCN(CC(=O)N5CCCC(CN)C5)CC4)cc23)c(C)c1. The molecule has 0 radical (unpaired) electrons. The highest BCUT2D eigenvalue weighted by atomic mass is 32.2. The van der Waals surface area contributed by atoms with E-state index in [1.54, 1.807) is 10.6 Å². The van der Waals surface area contributed by atoms with Gasteiger partial charge in [0.1, 0.15) is 10.8 Å². The lowest BCUT2D eigenvalue weighted by molar-refractivity contribution is -0.134. The summed E-state index contributed by atoms with van der Waals surface area (Å²) >= 11 is 0. The Labute approximate surface area is 240 Å². The Balaban J connectivity index is 1.20. The van der Waals surface area contributed by atoms with Gasteiger partial charge in [0.2, 0.25) is 5.91 Å². The van der Waals surface area contributed by atoms with Gasteiger partial charge in [-0.15, -0.1) is 5.10 Å². The Morgan fingerprint density at radius 1 is 1.10 bits per heavy atom. The molecule has 0 aliphatic carbocycles. The lowest BCUT2D eigenvalue weighted by Crippen LogP contribution is -2.51. The van der Waals surface area contributed by atoms with E-state index in [0.29, 0.717) is 34.8 Å². The molecule has 12 heteroatoms. The summed E-state index contributed by atoms with van der Waals surface area (Å²) in [5, 5.41) is 7.95. The summed E-state index contributed by atoms with van der Waals surface area (Å²) in [5.74, 6) is 0.592. The maximum absolute atomic E-state index is 13.5. The fourth-order valence-corrected chi connectivity index (χ4v) is 7.15. The van der Waals surface area contributed by atoms with Crippen LogP contribution in [-0.2, 0) is 15.6 Å². The third kappa shape index (κ3) is 5.39. The van der Waals surface area contributed by atoms with Crippen molar-refractivity contribution < 1.29 is 9.00 Å². The van der Waals surface area contributed by atoms with E-state index in [-0.39, 0.29) is 22.1 Å². The number of aromatic nitrogens is 4. The zero-order valence-electron chi connectivity index (χ0n) is 23.5. The van der Waals surface area contributed by atoms with Crippen LogP contribution in [0.25, 0.3) is 16.6 Å². The number of likely N-dealkylation sites (tertiary alicyclic amines) is 1. The molecule has 4 aromatic rings. The predicted octanol–water partition coefficient (Wildman–Crippen LogP) is 1.67. The monoisotopic (exact) mass is 576 g/mol. The highest BCUT2D eigenvalue weighted by Gasteiger charge is 2.26. The zero-order chi connectivity index (χ0) is 28.7. The molecule has 216 valence electrons. The minimum absolute atomic E-state index is 0.185. The Morgan fingerprint density at radius 2 is 1.90 bits per heavy atom. The van der Waals surface area contributed by atoms with Crippen LogP contribution >= 0.6 is 0 Å². The first kappa shape index (κ1) is 27.6. The number of piperidine rings is 1. The predicted molar refractivity (Wildman–Crippen MR) is 159 cm³/mol. The van der Waals surface area contributed by atoms with Gasteiger partial charge in [-0.25, -0.2) is 13.9 Å². The molecular weight excluding hydrogens is 540 g/mol. The summed E-state index contributed by atoms with van der Waals surface area (Å²) < 4.78 is 15.1. The molecule has 4 heterocycles. The Kier molecular flexibility index (Phi) is 7.62. The second-order valence-corrected chi connectivity index (χ2v) is 12.5. The molecule has 2 atom stereocenters. The van der Waals surface area contributed by atoms with E-state index < -0.39 is 10.8 Å². The van der Waals surface area contributed by atoms with Gasteiger partial charge >= 0.3 is 0 Å². The number of amides is 1. The molecule has 1 amide bonds. The van der Waals surface area contributed by atoms with Crippen LogP contribution in [0.5, 0.6) is 0 Å². The van der Waals surface area contributed by atoms with Gasteiger partial charge in [-0.1, -0.05) is 17.7 Å². The number of nitrogens with two attached hydrogens (primary N) is 1. The van der Waals surface area contributed by atoms with E-state index in [9.17, 15) is 13.8 Å². The minimum Gasteiger partial charge on any atom is -0.369 e. The number of anilines is 1. The number of aryl methyl sites for hydroxylation is 2. The second kappa shape index (κ2) is 11.3. The molecule has 0 saturated carbocycles. The number of H-pyrrole nitrogens is 1. The number of nitrogens with zero attached hydrogens (tertiary/aromatic N) is 6. The van der Waals surface area contributed by atoms with Crippen molar-refractivity contribution in [3.05, 3.63) is 57.9 Å². The Bertz CT molecular complexity index is 1690. The molecule has 2 aromatic heterocycles. The number of carbonyl (C=O) groups is 1. The van der Waals surface area contributed by atoms with E-state index in [1.807, 2.05) is 49.1 Å². The van der Waals surface area contributed by atoms with Crippen LogP contribution in [0.1, 0.15) is 24.0 Å². The number of piperazine rings is 1. The number of nitrogens with one attached hydrogen (secondary N) is 1. The van der Waals surface area contributed by atoms with Crippen molar-refractivity contribution in [2.45, 2.75) is 36.6 Å². The molecule has 0 spiro atoms. The van der Waals surface area contributed by atoms with E-state index in [4.69, 9.17) is 5.73 Å². The van der Waals surface area contributed by atoms with E-state index in [1.165, 1.54) is 0 Å². The number of hydrogen-bond acceptors (Lipinski definition) is 8. The molecule has 2 aliphatic rings. The molecule has 2 fully saturated rings. The molecule has 2 saturated heterocycles. The zero-order valence-corrected chi connectivity index (χ0v) is 24.3. The topological polar surface area (TPSA) is 133 Å². The summed E-state index contributed by atoms with van der Waals surface area (Å²) in [6.45, 7) is 9.62. The van der Waals surface area contributed by atoms with Crippen molar-refractivity contribution in [1.29, 1.82) is 0 Å². The molecule has 0 bridgehead atoms. The Morgan fingerprint density at radius 3 is 2.66 bits per heavy atom. The first-order chi connectivity index (χ1) is 19.8. The van der Waals surface area contributed by atoms with Gasteiger partial charge in [0.25, 0.3) is 5.56 Å². The van der Waals surface area contributed by atoms with Crippen LogP contribution in [0.4, 0.5) is 5.69 Å². The van der Waals surface area contributed by atoms with Gasteiger partial charge in [-0.2, -0.15) is 4.98 Å². The average Bonchev–Trinajstić information content (AvgIpc) is 3.41. The highest BCUT2D eigenvalue weighted by molar-refractivity contribution is 7.85. The normalized spacial score (nSPS) is 19.2. The molecule has 41 heavy (non-hydrogen) atoms. The van der Waals surface area contributed by atoms with Gasteiger partial charge in [0.15, 0.2) is 10.7 Å². The first-order valence-corrected chi connectivity index (χ1v) is 15.3. The van der Waals surface area contributed by atoms with E-state index >= 15 is 0 Å². The van der Waals surface area contributed by atoms with Crippen LogP contribution in [0.15, 0.2) is 51.1 Å². The first-order valence-electron chi connectivity index (χ1n) is 14.2. The summed E-state index contributed by atoms with van der Waals surface area (Å²) in [5.41, 5.74) is 9.30. The van der Waals surface area contributed by atoms with Gasteiger partial charge in [-0.05, 0) is 69.0 Å². The summed E-state index contributed by atoms with van der Waals surface area (Å²) in [7, 11) is -1.60. The standard InChI is InChI=1S/C29H36N8O3S/c1-19-5-8-25(20(2)14-19)41(40)29-27-31-28(39)23-7-6-22(15-24(23)37(27)33-32-29)35-12-10-34(11-13-35)18-26(38)36-9-3-4-21(16-30)17-36/h5-8,14-15,21,33H,3-4,9-13,16-18,30H2,1-2H3. The third-order valence-corrected chi connectivity index (χ3v) is 9.80. The maximum Gasteiger partial charge on any atom is 0.281 e. The van der Waals surface area contributed by atoms with Crippen molar-refractivity contribution in [1.82, 2.24) is 29.6 Å². The largest absolute Gasteiger partial charge is 0.369 e. The lowest BCUT2D eigenvalue weighted by atomic mass is 9.98. The van der Waals surface area contributed by atoms with Crippen molar-refractivity contribution in [2.75, 3.05) is 57.3 Å². The van der Waals surface area contributed by atoms with Gasteiger partial charge in [0, 0.05) is 49.9 Å². The molecule has 2 aromatic carbocycles. The molecular formula is C29H36N8O3S. The molecule has 11 nitrogen and oxygen atoms in total. The second-order valence-electron chi connectivity index (χ2n) is 11.2. The summed E-state index contributed by atoms with van der Waals surface area (Å²) in [4.78, 5) is 37.2. The van der Waals surface area contributed by atoms with Crippen molar-refractivity contribution in [3.63, 3.8) is 0 Å². The van der Waals surface area contributed by atoms with Crippen molar-refractivity contribution in [3.8, 4) is 0 Å². The van der Waals surface area contributed by atoms with E-state index in [0.717, 1.165) is 68.9 Å². The quantitative estimate of drug-likeness (QED) is 0.354. The van der Waals surface area contributed by atoms with Crippen LogP contribution in [0.2, 0.25) is 0 Å². The summed E-state index contributed by atoms with van der Waals surface area (Å²) in [6, 6.07) is 11.4. The third-order valence-electron chi connectivity index (χ3n) is 8.32. The average molecular weight is 577 g/mol. The van der Waals surface area contributed by atoms with Crippen LogP contribution < -0.4 is 16.2 Å². The van der Waals surface area contributed by atoms with Crippen LogP contribution in [0, 0.1) is 19.8 Å². The molecule has 3 N–H and O–H groups in total. The summed E-state index contributed by atoms with van der Waals surface area (Å²) in [6.07, 6.45) is 2.12. The number of carbonyl (C=O) groups excluding carboxylic acids is 1. The maximum atomic E-state index is 13.5. The van der Waals surface area contributed by atoms with Gasteiger partial charge < -0.3 is 15.5 Å². The fourth-order valence-electron chi connectivity index (χ4n) is 5.97. The molecule has 2 aliphatic heterocycles. The van der Waals surface area contributed by atoms with Crippen molar-refractivity contribution in [2.24, 2.45) is 11.7 Å². The number of aromatic amines is 1. The minimum atomic E-state index is -1.60. The highest BCUT2D eigenvalue weighted by Crippen LogP contribution is 2.26. The lowest BCUT2D eigenvalue weighted by Gasteiger charge is -2.38. The number of rotatable bonds is 6. The van der Waals surface area contributed by atoms with E-state index in [2.05, 4.69) is 25.1 Å². The number of benzene rings is 2. The van der Waals surface area contributed by atoms with Crippen molar-refractivity contribution >= 4 is 38.9 Å². The van der Waals surface area contributed by atoms with Crippen LogP contribution in [0.3, 0.4) is 0 Å². The number of fused-ring (bicyclic) bond motifs is 3. The van der Waals surface area contributed by atoms with Gasteiger partial charge in [0.05, 0.1) is 17.4 Å². The van der Waals surface area contributed by atoms with Gasteiger partial charge in [-0.3, -0.25) is 14.5 Å². The fraction of sp³-hybridized carbons (Fsp3) is 0.448. The van der Waals surface area contributed by atoms with Crippen LogP contribution in [-0.4, -0.2) is 92.1 Å².